The molecular weight excluding hydrogens is 292 g/mol. The van der Waals surface area contributed by atoms with Gasteiger partial charge in [0, 0.05) is 12.2 Å². The summed E-state index contributed by atoms with van der Waals surface area (Å²) in [6.07, 6.45) is -0.262. The maximum atomic E-state index is 12.9. The molecule has 23 heavy (non-hydrogen) atoms. The summed E-state index contributed by atoms with van der Waals surface area (Å²) < 4.78 is 6.10. The average molecular weight is 310 g/mol. The third-order valence-electron chi connectivity index (χ3n) is 4.35. The Labute approximate surface area is 134 Å². The van der Waals surface area contributed by atoms with E-state index in [1.165, 1.54) is 0 Å². The van der Waals surface area contributed by atoms with Crippen LogP contribution in [0.2, 0.25) is 0 Å². The van der Waals surface area contributed by atoms with Crippen LogP contribution in [-0.4, -0.2) is 23.5 Å². The molecule has 2 atom stereocenters. The molecule has 3 rings (SSSR count). The number of rotatable bonds is 5. The molecule has 118 valence electrons. The van der Waals surface area contributed by atoms with Gasteiger partial charge in [-0.15, -0.1) is 0 Å². The van der Waals surface area contributed by atoms with Crippen LogP contribution in [0.15, 0.2) is 54.6 Å². The van der Waals surface area contributed by atoms with Crippen molar-refractivity contribution in [2.45, 2.75) is 18.9 Å². The number of ether oxygens (including phenoxy) is 1. The zero-order valence-electron chi connectivity index (χ0n) is 12.9. The van der Waals surface area contributed by atoms with E-state index in [1.54, 1.807) is 12.1 Å². The lowest BCUT2D eigenvalue weighted by Gasteiger charge is -2.35. The van der Waals surface area contributed by atoms with Crippen molar-refractivity contribution in [2.75, 3.05) is 6.61 Å². The molecule has 2 aromatic carbocycles. The number of carbonyl (C=O) groups is 2. The Morgan fingerprint density at radius 3 is 2.43 bits per heavy atom. The lowest BCUT2D eigenvalue weighted by atomic mass is 9.78. The largest absolute Gasteiger partial charge is 0.481 e. The molecule has 1 aliphatic carbocycles. The quantitative estimate of drug-likeness (QED) is 0.920. The molecule has 0 saturated heterocycles. The topological polar surface area (TPSA) is 63.6 Å². The molecular formula is C19H18O4. The van der Waals surface area contributed by atoms with Crippen LogP contribution in [0.5, 0.6) is 0 Å². The summed E-state index contributed by atoms with van der Waals surface area (Å²) in [7, 11) is 0. The van der Waals surface area contributed by atoms with Crippen LogP contribution >= 0.6 is 0 Å². The van der Waals surface area contributed by atoms with Crippen LogP contribution < -0.4 is 0 Å². The number of carbonyl (C=O) groups excluding carboxylic acids is 1. The molecule has 4 nitrogen and oxygen atoms in total. The summed E-state index contributed by atoms with van der Waals surface area (Å²) in [6.45, 7) is 2.24. The summed E-state index contributed by atoms with van der Waals surface area (Å²) >= 11 is 0. The highest BCUT2D eigenvalue weighted by Crippen LogP contribution is 2.50. The summed E-state index contributed by atoms with van der Waals surface area (Å²) in [5, 5.41) is 9.31. The van der Waals surface area contributed by atoms with Gasteiger partial charge in [-0.3, -0.25) is 9.59 Å². The van der Waals surface area contributed by atoms with Gasteiger partial charge < -0.3 is 9.84 Å². The van der Waals surface area contributed by atoms with Crippen molar-refractivity contribution in [3.8, 4) is 0 Å². The highest BCUT2D eigenvalue weighted by molar-refractivity contribution is 6.05. The Morgan fingerprint density at radius 2 is 1.78 bits per heavy atom. The molecule has 1 aliphatic rings. The fraction of sp³-hybridized carbons (Fsp3) is 0.263. The second-order valence-electron chi connectivity index (χ2n) is 5.59. The zero-order chi connectivity index (χ0) is 16.4. The van der Waals surface area contributed by atoms with E-state index in [9.17, 15) is 14.7 Å². The highest BCUT2D eigenvalue weighted by atomic mass is 16.5. The number of fused-ring (bicyclic) bond motifs is 1. The van der Waals surface area contributed by atoms with E-state index in [0.29, 0.717) is 12.2 Å². The number of carboxylic acids is 1. The van der Waals surface area contributed by atoms with Gasteiger partial charge in [0.25, 0.3) is 0 Å². The predicted molar refractivity (Wildman–Crippen MR) is 85.4 cm³/mol. The molecule has 0 radical (unpaired) electrons. The summed E-state index contributed by atoms with van der Waals surface area (Å²) in [5.41, 5.74) is 1.08. The average Bonchev–Trinajstić information content (AvgIpc) is 2.79. The van der Waals surface area contributed by atoms with E-state index in [-0.39, 0.29) is 12.2 Å². The fourth-order valence-electron chi connectivity index (χ4n) is 3.52. The first kappa shape index (κ1) is 15.4. The van der Waals surface area contributed by atoms with Gasteiger partial charge in [0.2, 0.25) is 0 Å². The summed E-state index contributed by atoms with van der Waals surface area (Å²) in [5.74, 6) is -1.93. The van der Waals surface area contributed by atoms with Gasteiger partial charge in [-0.2, -0.15) is 0 Å². The number of ketones is 1. The summed E-state index contributed by atoms with van der Waals surface area (Å²) in [4.78, 5) is 24.2. The molecule has 0 heterocycles. The number of hydrogen-bond donors (Lipinski definition) is 1. The van der Waals surface area contributed by atoms with E-state index in [2.05, 4.69) is 0 Å². The van der Waals surface area contributed by atoms with Crippen LogP contribution in [0.1, 0.15) is 34.8 Å². The smallest absolute Gasteiger partial charge is 0.304 e. The molecule has 0 spiro atoms. The van der Waals surface area contributed by atoms with Crippen LogP contribution in [-0.2, 0) is 15.1 Å². The molecule has 2 aromatic rings. The van der Waals surface area contributed by atoms with Crippen LogP contribution in [0.3, 0.4) is 0 Å². The Hall–Kier alpha value is -2.46. The lowest BCUT2D eigenvalue weighted by molar-refractivity contribution is -0.140. The number of Topliss-reactive ketones (excluding diaryl/α,β-unsaturated/α-hetero) is 1. The first-order valence-corrected chi connectivity index (χ1v) is 7.66. The molecule has 0 bridgehead atoms. The van der Waals surface area contributed by atoms with Gasteiger partial charge in [0.05, 0.1) is 12.3 Å². The maximum Gasteiger partial charge on any atom is 0.304 e. The Balaban J connectivity index is 2.28. The van der Waals surface area contributed by atoms with E-state index >= 15 is 0 Å². The first-order valence-electron chi connectivity index (χ1n) is 7.66. The molecule has 0 fully saturated rings. The zero-order valence-corrected chi connectivity index (χ0v) is 12.9. The van der Waals surface area contributed by atoms with Gasteiger partial charge in [0.1, 0.15) is 5.60 Å². The first-order chi connectivity index (χ1) is 11.1. The van der Waals surface area contributed by atoms with E-state index in [4.69, 9.17) is 4.74 Å². The van der Waals surface area contributed by atoms with Crippen molar-refractivity contribution < 1.29 is 19.4 Å². The Morgan fingerprint density at radius 1 is 1.13 bits per heavy atom. The SMILES string of the molecule is CCOC1(c2ccccc2)c2ccccc2C(=O)C1CC(=O)O. The van der Waals surface area contributed by atoms with Crippen molar-refractivity contribution in [3.05, 3.63) is 71.3 Å². The van der Waals surface area contributed by atoms with E-state index in [0.717, 1.165) is 11.1 Å². The minimum absolute atomic E-state index is 0.166. The number of carboxylic acid groups (broad SMARTS) is 1. The van der Waals surface area contributed by atoms with Crippen molar-refractivity contribution in [1.29, 1.82) is 0 Å². The molecule has 4 heteroatoms. The van der Waals surface area contributed by atoms with Gasteiger partial charge in [0.15, 0.2) is 5.78 Å². The third-order valence-corrected chi connectivity index (χ3v) is 4.35. The monoisotopic (exact) mass is 310 g/mol. The third kappa shape index (κ3) is 2.35. The molecule has 1 N–H and O–H groups in total. The molecule has 0 aliphatic heterocycles. The predicted octanol–water partition coefficient (Wildman–Crippen LogP) is 3.25. The van der Waals surface area contributed by atoms with Crippen molar-refractivity contribution in [3.63, 3.8) is 0 Å². The number of benzene rings is 2. The van der Waals surface area contributed by atoms with E-state index in [1.807, 2.05) is 49.4 Å². The van der Waals surface area contributed by atoms with Gasteiger partial charge in [-0.05, 0) is 18.1 Å². The van der Waals surface area contributed by atoms with E-state index < -0.39 is 17.5 Å². The van der Waals surface area contributed by atoms with Crippen molar-refractivity contribution >= 4 is 11.8 Å². The summed E-state index contributed by atoms with van der Waals surface area (Å²) in [6, 6.07) is 16.7. The van der Waals surface area contributed by atoms with Crippen molar-refractivity contribution in [1.82, 2.24) is 0 Å². The van der Waals surface area contributed by atoms with Crippen LogP contribution in [0.25, 0.3) is 0 Å². The lowest BCUT2D eigenvalue weighted by Crippen LogP contribution is -2.39. The minimum atomic E-state index is -1.04. The van der Waals surface area contributed by atoms with Gasteiger partial charge >= 0.3 is 5.97 Å². The fourth-order valence-corrected chi connectivity index (χ4v) is 3.52. The van der Waals surface area contributed by atoms with Crippen molar-refractivity contribution in [2.24, 2.45) is 5.92 Å². The highest BCUT2D eigenvalue weighted by Gasteiger charge is 2.54. The van der Waals surface area contributed by atoms with Crippen LogP contribution in [0, 0.1) is 5.92 Å². The Bertz CT molecular complexity index is 738. The molecule has 0 saturated carbocycles. The second kappa shape index (κ2) is 5.97. The normalized spacial score (nSPS) is 22.8. The number of hydrogen-bond acceptors (Lipinski definition) is 3. The minimum Gasteiger partial charge on any atom is -0.481 e. The van der Waals surface area contributed by atoms with Gasteiger partial charge in [-0.1, -0.05) is 54.6 Å². The second-order valence-corrected chi connectivity index (χ2v) is 5.59. The Kier molecular flexibility index (Phi) is 4.01. The molecule has 2 unspecified atom stereocenters. The molecule has 0 amide bonds. The van der Waals surface area contributed by atoms with Gasteiger partial charge in [-0.25, -0.2) is 0 Å². The van der Waals surface area contributed by atoms with Crippen LogP contribution in [0.4, 0.5) is 0 Å². The maximum absolute atomic E-state index is 12.9. The molecule has 0 aromatic heterocycles. The standard InChI is InChI=1S/C19H18O4/c1-2-23-19(13-8-4-3-5-9-13)15-11-7-6-10-14(15)18(22)16(19)12-17(20)21/h3-11,16H,2,12H2,1H3,(H,20,21). The number of aliphatic carboxylic acids is 1.